The second kappa shape index (κ2) is 5.07. The number of hydrogen-bond donors (Lipinski definition) is 1. The predicted octanol–water partition coefficient (Wildman–Crippen LogP) is 1.27. The van der Waals surface area contributed by atoms with Crippen LogP contribution in [-0.4, -0.2) is 35.6 Å². The Balaban J connectivity index is 1.59. The average molecular weight is 271 g/mol. The first kappa shape index (κ1) is 12.8. The number of nitrogens with zero attached hydrogens (tertiary/aromatic N) is 2. The number of hydrazone groups is 1. The topological polar surface area (TPSA) is 61.8 Å². The van der Waals surface area contributed by atoms with Gasteiger partial charge < -0.3 is 5.32 Å². The van der Waals surface area contributed by atoms with Gasteiger partial charge >= 0.3 is 0 Å². The lowest BCUT2D eigenvalue weighted by atomic mass is 10.1. The summed E-state index contributed by atoms with van der Waals surface area (Å²) in [6, 6.07) is 10.4. The van der Waals surface area contributed by atoms with E-state index in [1.807, 2.05) is 18.2 Å². The van der Waals surface area contributed by atoms with Crippen LogP contribution >= 0.6 is 0 Å². The maximum atomic E-state index is 12.1. The summed E-state index contributed by atoms with van der Waals surface area (Å²) in [6.45, 7) is 0. The van der Waals surface area contributed by atoms with E-state index in [0.717, 1.165) is 6.42 Å². The molecule has 0 spiro atoms. The molecular formula is C15H17N3O2. The van der Waals surface area contributed by atoms with Crippen LogP contribution in [-0.2, 0) is 9.59 Å². The van der Waals surface area contributed by atoms with E-state index in [4.69, 9.17) is 0 Å². The lowest BCUT2D eigenvalue weighted by Crippen LogP contribution is -2.38. The monoisotopic (exact) mass is 271 g/mol. The molecule has 0 saturated heterocycles. The molecule has 2 amide bonds. The van der Waals surface area contributed by atoms with Crippen molar-refractivity contribution in [1.82, 2.24) is 10.3 Å². The molecule has 1 aliphatic heterocycles. The molecule has 1 aliphatic carbocycles. The number of rotatable bonds is 3. The molecular weight excluding hydrogens is 254 g/mol. The number of benzene rings is 1. The van der Waals surface area contributed by atoms with E-state index in [1.165, 1.54) is 10.6 Å². The van der Waals surface area contributed by atoms with Crippen molar-refractivity contribution in [2.75, 3.05) is 7.05 Å². The summed E-state index contributed by atoms with van der Waals surface area (Å²) < 4.78 is 0. The van der Waals surface area contributed by atoms with Gasteiger partial charge in [0.2, 0.25) is 5.91 Å². The highest BCUT2D eigenvalue weighted by Crippen LogP contribution is 2.40. The highest BCUT2D eigenvalue weighted by atomic mass is 16.2. The number of carbonyl (C=O) groups excluding carboxylic acids is 2. The van der Waals surface area contributed by atoms with Crippen LogP contribution in [0.25, 0.3) is 0 Å². The minimum Gasteiger partial charge on any atom is -0.348 e. The molecule has 0 bridgehead atoms. The van der Waals surface area contributed by atoms with Crippen LogP contribution in [0.4, 0.5) is 0 Å². The van der Waals surface area contributed by atoms with Crippen molar-refractivity contribution in [2.45, 2.75) is 31.2 Å². The fraction of sp³-hybridized carbons (Fsp3) is 0.400. The van der Waals surface area contributed by atoms with Crippen LogP contribution in [0.1, 0.15) is 30.7 Å². The summed E-state index contributed by atoms with van der Waals surface area (Å²) in [4.78, 5) is 23.4. The Labute approximate surface area is 117 Å². The van der Waals surface area contributed by atoms with Crippen molar-refractivity contribution in [3.05, 3.63) is 35.9 Å². The second-order valence-electron chi connectivity index (χ2n) is 5.30. The lowest BCUT2D eigenvalue weighted by molar-refractivity contribution is -0.130. The third-order valence-corrected chi connectivity index (χ3v) is 3.80. The Morgan fingerprint density at radius 1 is 1.30 bits per heavy atom. The zero-order chi connectivity index (χ0) is 14.1. The van der Waals surface area contributed by atoms with E-state index in [-0.39, 0.29) is 17.9 Å². The van der Waals surface area contributed by atoms with Crippen molar-refractivity contribution < 1.29 is 9.59 Å². The van der Waals surface area contributed by atoms with Crippen LogP contribution < -0.4 is 5.32 Å². The first-order chi connectivity index (χ1) is 9.65. The molecule has 3 rings (SSSR count). The van der Waals surface area contributed by atoms with Gasteiger partial charge in [0.1, 0.15) is 5.71 Å². The molecule has 2 aliphatic rings. The first-order valence-corrected chi connectivity index (χ1v) is 6.85. The Hall–Kier alpha value is -2.17. The van der Waals surface area contributed by atoms with E-state index >= 15 is 0 Å². The van der Waals surface area contributed by atoms with Gasteiger partial charge in [0.05, 0.1) is 0 Å². The average Bonchev–Trinajstić information content (AvgIpc) is 3.22. The Kier molecular flexibility index (Phi) is 3.26. The molecule has 1 saturated carbocycles. The van der Waals surface area contributed by atoms with Gasteiger partial charge in [-0.05, 0) is 12.0 Å². The molecule has 104 valence electrons. The van der Waals surface area contributed by atoms with Crippen LogP contribution in [0.15, 0.2) is 35.4 Å². The van der Waals surface area contributed by atoms with Gasteiger partial charge in [-0.2, -0.15) is 5.10 Å². The largest absolute Gasteiger partial charge is 0.348 e. The number of amides is 2. The number of nitrogens with one attached hydrogen (secondary N) is 1. The summed E-state index contributed by atoms with van der Waals surface area (Å²) in [5.41, 5.74) is 1.71. The van der Waals surface area contributed by atoms with Crippen LogP contribution in [0.3, 0.4) is 0 Å². The van der Waals surface area contributed by atoms with Crippen molar-refractivity contribution in [1.29, 1.82) is 0 Å². The fourth-order valence-electron chi connectivity index (χ4n) is 2.51. The Morgan fingerprint density at radius 2 is 2.05 bits per heavy atom. The standard InChI is InChI=1S/C15H17N3O2/c1-18-14(19)8-7-12(17-18)15(20)16-13-9-11(13)10-5-3-2-4-6-10/h2-6,11,13H,7-9H2,1H3,(H,16,20)/t11-,13-/m1/s1. The van der Waals surface area contributed by atoms with Crippen LogP contribution in [0.2, 0.25) is 0 Å². The minimum absolute atomic E-state index is 0.0462. The van der Waals surface area contributed by atoms with Gasteiger partial charge in [0.15, 0.2) is 0 Å². The predicted molar refractivity (Wildman–Crippen MR) is 75.2 cm³/mol. The summed E-state index contributed by atoms with van der Waals surface area (Å²) in [6.07, 6.45) is 1.76. The summed E-state index contributed by atoms with van der Waals surface area (Å²) in [5, 5.41) is 8.28. The van der Waals surface area contributed by atoms with E-state index < -0.39 is 0 Å². The van der Waals surface area contributed by atoms with Crippen molar-refractivity contribution >= 4 is 17.5 Å². The molecule has 0 radical (unpaired) electrons. The summed E-state index contributed by atoms with van der Waals surface area (Å²) >= 11 is 0. The lowest BCUT2D eigenvalue weighted by Gasteiger charge is -2.18. The van der Waals surface area contributed by atoms with Crippen molar-refractivity contribution in [2.24, 2.45) is 5.10 Å². The molecule has 2 atom stereocenters. The molecule has 0 unspecified atom stereocenters. The molecule has 1 heterocycles. The fourth-order valence-corrected chi connectivity index (χ4v) is 2.51. The maximum absolute atomic E-state index is 12.1. The van der Waals surface area contributed by atoms with Gasteiger partial charge in [0, 0.05) is 31.8 Å². The summed E-state index contributed by atoms with van der Waals surface area (Å²) in [5.74, 6) is 0.214. The normalized spacial score (nSPS) is 25.1. The van der Waals surface area contributed by atoms with E-state index in [1.54, 1.807) is 7.05 Å². The van der Waals surface area contributed by atoms with Crippen molar-refractivity contribution in [3.8, 4) is 0 Å². The van der Waals surface area contributed by atoms with Gasteiger partial charge in [-0.25, -0.2) is 5.01 Å². The van der Waals surface area contributed by atoms with E-state index in [0.29, 0.717) is 24.5 Å². The molecule has 20 heavy (non-hydrogen) atoms. The zero-order valence-corrected chi connectivity index (χ0v) is 11.4. The van der Waals surface area contributed by atoms with E-state index in [2.05, 4.69) is 22.6 Å². The second-order valence-corrected chi connectivity index (χ2v) is 5.30. The number of hydrogen-bond acceptors (Lipinski definition) is 3. The molecule has 1 N–H and O–H groups in total. The summed E-state index contributed by atoms with van der Waals surface area (Å²) in [7, 11) is 1.58. The third-order valence-electron chi connectivity index (χ3n) is 3.80. The molecule has 1 aromatic rings. The SMILES string of the molecule is CN1N=C(C(=O)N[C@@H]2C[C@@H]2c2ccccc2)CCC1=O. The number of carbonyl (C=O) groups is 2. The van der Waals surface area contributed by atoms with Gasteiger partial charge in [0.25, 0.3) is 5.91 Å². The smallest absolute Gasteiger partial charge is 0.267 e. The molecule has 1 aromatic carbocycles. The van der Waals surface area contributed by atoms with Crippen molar-refractivity contribution in [3.63, 3.8) is 0 Å². The third kappa shape index (κ3) is 2.57. The zero-order valence-electron chi connectivity index (χ0n) is 11.4. The van der Waals surface area contributed by atoms with Crippen LogP contribution in [0, 0.1) is 0 Å². The molecule has 0 aromatic heterocycles. The molecule has 1 fully saturated rings. The maximum Gasteiger partial charge on any atom is 0.267 e. The molecule has 5 heteroatoms. The van der Waals surface area contributed by atoms with E-state index in [9.17, 15) is 9.59 Å². The van der Waals surface area contributed by atoms with Gasteiger partial charge in [-0.3, -0.25) is 9.59 Å². The highest BCUT2D eigenvalue weighted by molar-refractivity contribution is 6.39. The quantitative estimate of drug-likeness (QED) is 0.899. The highest BCUT2D eigenvalue weighted by Gasteiger charge is 2.40. The first-order valence-electron chi connectivity index (χ1n) is 6.85. The molecule has 5 nitrogen and oxygen atoms in total. The minimum atomic E-state index is -0.146. The Morgan fingerprint density at radius 3 is 2.75 bits per heavy atom. The van der Waals surface area contributed by atoms with Gasteiger partial charge in [-0.1, -0.05) is 30.3 Å². The van der Waals surface area contributed by atoms with Crippen LogP contribution in [0.5, 0.6) is 0 Å². The Bertz CT molecular complexity index is 568. The van der Waals surface area contributed by atoms with Gasteiger partial charge in [-0.15, -0.1) is 0 Å².